The summed E-state index contributed by atoms with van der Waals surface area (Å²) >= 11 is 0. The lowest BCUT2D eigenvalue weighted by molar-refractivity contribution is -0.153. The van der Waals surface area contributed by atoms with Crippen LogP contribution in [0, 0.1) is 5.41 Å². The number of hydrogen-bond acceptors (Lipinski definition) is 3. The maximum absolute atomic E-state index is 11.5. The van der Waals surface area contributed by atoms with Gasteiger partial charge in [0.05, 0.1) is 5.41 Å². The molecule has 0 radical (unpaired) electrons. The molecule has 0 aromatic heterocycles. The lowest BCUT2D eigenvalue weighted by Crippen LogP contribution is -2.50. The molecule has 1 fully saturated rings. The zero-order chi connectivity index (χ0) is 13.8. The average molecular weight is 276 g/mol. The molecule has 2 unspecified atom stereocenters. The predicted molar refractivity (Wildman–Crippen MR) is 68.8 cm³/mol. The van der Waals surface area contributed by atoms with E-state index in [1.54, 1.807) is 13.2 Å². The maximum Gasteiger partial charge on any atom is 0.314 e. The fourth-order valence-corrected chi connectivity index (χ4v) is 2.05. The lowest BCUT2D eigenvalue weighted by Gasteiger charge is -2.37. The van der Waals surface area contributed by atoms with Crippen LogP contribution in [0.3, 0.4) is 0 Å². The monoisotopic (exact) mass is 276 g/mol. The first-order valence-electron chi connectivity index (χ1n) is 5.95. The Morgan fingerprint density at radius 3 is 2.39 bits per heavy atom. The van der Waals surface area contributed by atoms with E-state index in [0.717, 1.165) is 6.42 Å². The molecule has 3 N–H and O–H groups in total. The minimum atomic E-state index is -0.982. The van der Waals surface area contributed by atoms with Crippen molar-refractivity contribution in [3.8, 4) is 0 Å². The predicted octanol–water partition coefficient (Wildman–Crippen LogP) is 0.308. The topological polar surface area (TPSA) is 95.5 Å². The van der Waals surface area contributed by atoms with E-state index in [1.807, 2.05) is 0 Å². The third kappa shape index (κ3) is 3.69. The SMILES string of the molecule is CC(CNC(=O)NCC1(C(=O)O)CCC1)S(C)=O. The van der Waals surface area contributed by atoms with E-state index < -0.39 is 28.2 Å². The molecule has 0 bridgehead atoms. The molecule has 18 heavy (non-hydrogen) atoms. The van der Waals surface area contributed by atoms with Gasteiger partial charge in [0.15, 0.2) is 0 Å². The van der Waals surface area contributed by atoms with Crippen LogP contribution in [0.1, 0.15) is 26.2 Å². The van der Waals surface area contributed by atoms with Gasteiger partial charge in [-0.25, -0.2) is 4.79 Å². The van der Waals surface area contributed by atoms with Crippen LogP contribution in [-0.2, 0) is 15.6 Å². The Morgan fingerprint density at radius 1 is 1.39 bits per heavy atom. The van der Waals surface area contributed by atoms with Crippen molar-refractivity contribution in [1.29, 1.82) is 0 Å². The molecule has 0 aliphatic heterocycles. The summed E-state index contributed by atoms with van der Waals surface area (Å²) < 4.78 is 11.1. The zero-order valence-corrected chi connectivity index (χ0v) is 11.5. The summed E-state index contributed by atoms with van der Waals surface area (Å²) in [5.41, 5.74) is -0.781. The van der Waals surface area contributed by atoms with E-state index in [2.05, 4.69) is 10.6 Å². The van der Waals surface area contributed by atoms with Crippen LogP contribution in [0.4, 0.5) is 4.79 Å². The molecule has 2 atom stereocenters. The van der Waals surface area contributed by atoms with Crippen molar-refractivity contribution < 1.29 is 18.9 Å². The van der Waals surface area contributed by atoms with Crippen LogP contribution in [0.5, 0.6) is 0 Å². The molecule has 7 heteroatoms. The Morgan fingerprint density at radius 2 is 2.00 bits per heavy atom. The second kappa shape index (κ2) is 6.17. The summed E-state index contributed by atoms with van der Waals surface area (Å²) in [7, 11) is -0.982. The summed E-state index contributed by atoms with van der Waals surface area (Å²) in [4.78, 5) is 22.5. The number of aliphatic carboxylic acids is 1. The molecule has 104 valence electrons. The Labute approximate surface area is 109 Å². The molecule has 0 aromatic rings. The number of carbonyl (C=O) groups is 2. The number of hydrogen-bond donors (Lipinski definition) is 3. The second-order valence-electron chi connectivity index (χ2n) is 4.81. The van der Waals surface area contributed by atoms with Crippen molar-refractivity contribution in [2.45, 2.75) is 31.4 Å². The first kappa shape index (κ1) is 14.9. The molecular weight excluding hydrogens is 256 g/mol. The summed E-state index contributed by atoms with van der Waals surface area (Å²) in [5.74, 6) is -0.850. The van der Waals surface area contributed by atoms with E-state index in [1.165, 1.54) is 0 Å². The van der Waals surface area contributed by atoms with Crippen molar-refractivity contribution in [2.24, 2.45) is 5.41 Å². The Bertz CT molecular complexity index is 355. The number of carboxylic acids is 1. The van der Waals surface area contributed by atoms with E-state index in [0.29, 0.717) is 19.4 Å². The summed E-state index contributed by atoms with van der Waals surface area (Å²) in [6.07, 6.45) is 3.69. The third-order valence-corrected chi connectivity index (χ3v) is 4.77. The second-order valence-corrected chi connectivity index (χ2v) is 6.61. The Kier molecular flexibility index (Phi) is 5.13. The van der Waals surface area contributed by atoms with E-state index >= 15 is 0 Å². The molecule has 1 aliphatic carbocycles. The molecule has 0 spiro atoms. The summed E-state index contributed by atoms with van der Waals surface area (Å²) in [6.45, 7) is 2.24. The molecular formula is C11H20N2O4S. The van der Waals surface area contributed by atoms with Gasteiger partial charge in [-0.1, -0.05) is 6.42 Å². The smallest absolute Gasteiger partial charge is 0.314 e. The van der Waals surface area contributed by atoms with Gasteiger partial charge in [0.2, 0.25) is 0 Å². The highest BCUT2D eigenvalue weighted by Gasteiger charge is 2.44. The number of nitrogens with one attached hydrogen (secondary N) is 2. The Hall–Kier alpha value is -1.11. The van der Waals surface area contributed by atoms with E-state index in [4.69, 9.17) is 5.11 Å². The summed E-state index contributed by atoms with van der Waals surface area (Å²) in [6, 6.07) is -0.403. The van der Waals surface area contributed by atoms with Crippen LogP contribution >= 0.6 is 0 Å². The van der Waals surface area contributed by atoms with Crippen LogP contribution in [0.15, 0.2) is 0 Å². The van der Waals surface area contributed by atoms with Gasteiger partial charge in [-0.15, -0.1) is 0 Å². The van der Waals surface area contributed by atoms with Crippen molar-refractivity contribution >= 4 is 22.8 Å². The van der Waals surface area contributed by atoms with Gasteiger partial charge in [-0.2, -0.15) is 0 Å². The van der Waals surface area contributed by atoms with Crippen LogP contribution < -0.4 is 10.6 Å². The van der Waals surface area contributed by atoms with Crippen molar-refractivity contribution in [1.82, 2.24) is 10.6 Å². The molecule has 2 amide bonds. The van der Waals surface area contributed by atoms with Crippen molar-refractivity contribution in [3.05, 3.63) is 0 Å². The largest absolute Gasteiger partial charge is 0.481 e. The minimum absolute atomic E-state index is 0.118. The van der Waals surface area contributed by atoms with Gasteiger partial charge in [0.1, 0.15) is 0 Å². The fourth-order valence-electron chi connectivity index (χ4n) is 1.74. The van der Waals surface area contributed by atoms with Gasteiger partial charge < -0.3 is 15.7 Å². The zero-order valence-electron chi connectivity index (χ0n) is 10.7. The molecule has 0 saturated heterocycles. The number of carbonyl (C=O) groups excluding carboxylic acids is 1. The van der Waals surface area contributed by atoms with E-state index in [-0.39, 0.29) is 11.8 Å². The molecule has 6 nitrogen and oxygen atoms in total. The standard InChI is InChI=1S/C11H20N2O4S/c1-8(18(2)17)6-12-10(16)13-7-11(9(14)15)4-3-5-11/h8H,3-7H2,1-2H3,(H,14,15)(H2,12,13,16). The number of amides is 2. The van der Waals surface area contributed by atoms with Crippen molar-refractivity contribution in [2.75, 3.05) is 19.3 Å². The maximum atomic E-state index is 11.5. The Balaban J connectivity index is 2.29. The molecule has 1 rings (SSSR count). The van der Waals surface area contributed by atoms with Gasteiger partial charge in [-0.05, 0) is 19.8 Å². The number of carboxylic acid groups (broad SMARTS) is 1. The first-order chi connectivity index (χ1) is 8.37. The first-order valence-corrected chi connectivity index (χ1v) is 7.57. The van der Waals surface area contributed by atoms with Gasteiger partial charge >= 0.3 is 12.0 Å². The quantitative estimate of drug-likeness (QED) is 0.650. The third-order valence-electron chi connectivity index (χ3n) is 3.47. The summed E-state index contributed by atoms with van der Waals surface area (Å²) in [5, 5.41) is 14.1. The molecule has 1 saturated carbocycles. The average Bonchev–Trinajstić information content (AvgIpc) is 2.23. The highest BCUT2D eigenvalue weighted by atomic mass is 32.2. The molecule has 1 aliphatic rings. The molecule has 0 aromatic carbocycles. The number of rotatable bonds is 6. The van der Waals surface area contributed by atoms with Crippen LogP contribution in [-0.4, -0.2) is 45.9 Å². The number of urea groups is 1. The van der Waals surface area contributed by atoms with Crippen LogP contribution in [0.25, 0.3) is 0 Å². The normalized spacial score (nSPS) is 20.3. The van der Waals surface area contributed by atoms with Gasteiger partial charge in [0.25, 0.3) is 0 Å². The van der Waals surface area contributed by atoms with Crippen molar-refractivity contribution in [3.63, 3.8) is 0 Å². The highest BCUT2D eigenvalue weighted by molar-refractivity contribution is 7.84. The van der Waals surface area contributed by atoms with E-state index in [9.17, 15) is 13.8 Å². The van der Waals surface area contributed by atoms with Gasteiger partial charge in [0, 0.05) is 35.4 Å². The van der Waals surface area contributed by atoms with Gasteiger partial charge in [-0.3, -0.25) is 9.00 Å². The lowest BCUT2D eigenvalue weighted by atomic mass is 9.69. The highest BCUT2D eigenvalue weighted by Crippen LogP contribution is 2.40. The fraction of sp³-hybridized carbons (Fsp3) is 0.818. The molecule has 0 heterocycles. The minimum Gasteiger partial charge on any atom is -0.481 e. The van der Waals surface area contributed by atoms with Crippen LogP contribution in [0.2, 0.25) is 0 Å².